The molecule has 23 heavy (non-hydrogen) atoms. The van der Waals surface area contributed by atoms with Gasteiger partial charge in [0.05, 0.1) is 18.4 Å². The molecule has 1 aromatic carbocycles. The minimum Gasteiger partial charge on any atom is -0.465 e. The normalized spacial score (nSPS) is 9.96. The van der Waals surface area contributed by atoms with Crippen LogP contribution in [0, 0.1) is 0 Å². The van der Waals surface area contributed by atoms with Crippen LogP contribution in [0.3, 0.4) is 0 Å². The molecule has 8 heteroatoms. The van der Waals surface area contributed by atoms with Crippen molar-refractivity contribution in [2.45, 2.75) is 12.8 Å². The van der Waals surface area contributed by atoms with Gasteiger partial charge in [-0.1, -0.05) is 12.1 Å². The van der Waals surface area contributed by atoms with Crippen LogP contribution in [0.2, 0.25) is 0 Å². The first kappa shape index (κ1) is 16.6. The quantitative estimate of drug-likeness (QED) is 0.791. The molecule has 0 aliphatic carbocycles. The Morgan fingerprint density at radius 2 is 1.83 bits per heavy atom. The lowest BCUT2D eigenvalue weighted by molar-refractivity contribution is -0.121. The minimum absolute atomic E-state index is 0.00723. The van der Waals surface area contributed by atoms with E-state index in [0.717, 1.165) is 0 Å². The zero-order chi connectivity index (χ0) is 16.7. The number of nitrogens with one attached hydrogen (secondary N) is 2. The number of para-hydroxylation sites is 1. The van der Waals surface area contributed by atoms with Gasteiger partial charge in [0.2, 0.25) is 11.8 Å². The molecule has 120 valence electrons. The number of esters is 1. The van der Waals surface area contributed by atoms with E-state index >= 15 is 0 Å². The Bertz CT molecular complexity index is 701. The van der Waals surface area contributed by atoms with Crippen LogP contribution < -0.4 is 10.6 Å². The first-order valence-electron chi connectivity index (χ1n) is 6.76. The number of benzene rings is 1. The Morgan fingerprint density at radius 1 is 1.13 bits per heavy atom. The fourth-order valence-electron chi connectivity index (χ4n) is 1.79. The number of methoxy groups -OCH3 is 1. The number of ether oxygens (including phenoxy) is 1. The van der Waals surface area contributed by atoms with E-state index in [1.54, 1.807) is 35.8 Å². The van der Waals surface area contributed by atoms with E-state index in [0.29, 0.717) is 10.8 Å². The molecule has 0 saturated heterocycles. The molecule has 2 amide bonds. The van der Waals surface area contributed by atoms with Gasteiger partial charge in [-0.25, -0.2) is 9.78 Å². The van der Waals surface area contributed by atoms with Gasteiger partial charge in [-0.15, -0.1) is 11.3 Å². The van der Waals surface area contributed by atoms with Crippen LogP contribution in [-0.4, -0.2) is 29.9 Å². The number of carbonyl (C=O) groups is 3. The highest BCUT2D eigenvalue weighted by molar-refractivity contribution is 7.13. The number of rotatable bonds is 6. The Labute approximate surface area is 136 Å². The summed E-state index contributed by atoms with van der Waals surface area (Å²) in [5.41, 5.74) is 0.611. The van der Waals surface area contributed by atoms with E-state index in [1.807, 2.05) is 0 Å². The molecule has 0 aliphatic heterocycles. The maximum absolute atomic E-state index is 11.9. The molecule has 2 N–H and O–H groups in total. The Hall–Kier alpha value is -2.74. The molecule has 0 fully saturated rings. The van der Waals surface area contributed by atoms with Crippen molar-refractivity contribution in [2.24, 2.45) is 0 Å². The minimum atomic E-state index is -0.539. The highest BCUT2D eigenvalue weighted by Crippen LogP contribution is 2.16. The molecule has 1 heterocycles. The predicted molar refractivity (Wildman–Crippen MR) is 86.4 cm³/mol. The highest BCUT2D eigenvalue weighted by Gasteiger charge is 2.14. The summed E-state index contributed by atoms with van der Waals surface area (Å²) >= 11 is 1.30. The first-order valence-corrected chi connectivity index (χ1v) is 7.64. The predicted octanol–water partition coefficient (Wildman–Crippen LogP) is 2.29. The zero-order valence-electron chi connectivity index (χ0n) is 12.4. The molecule has 0 bridgehead atoms. The maximum Gasteiger partial charge on any atom is 0.339 e. The van der Waals surface area contributed by atoms with Crippen molar-refractivity contribution >= 4 is 39.9 Å². The molecule has 7 nitrogen and oxygen atoms in total. The van der Waals surface area contributed by atoms with Crippen LogP contribution in [0.1, 0.15) is 23.2 Å². The Morgan fingerprint density at radius 3 is 2.48 bits per heavy atom. The van der Waals surface area contributed by atoms with E-state index < -0.39 is 5.97 Å². The topological polar surface area (TPSA) is 97.4 Å². The maximum atomic E-state index is 11.9. The molecule has 2 aromatic rings. The average Bonchev–Trinajstić information content (AvgIpc) is 3.05. The van der Waals surface area contributed by atoms with Gasteiger partial charge >= 0.3 is 5.97 Å². The van der Waals surface area contributed by atoms with Crippen LogP contribution in [0.25, 0.3) is 0 Å². The second-order valence-corrected chi connectivity index (χ2v) is 5.37. The fraction of sp³-hybridized carbons (Fsp3) is 0.200. The number of amides is 2. The third kappa shape index (κ3) is 4.89. The van der Waals surface area contributed by atoms with E-state index in [-0.39, 0.29) is 30.2 Å². The summed E-state index contributed by atoms with van der Waals surface area (Å²) in [6, 6.07) is 6.51. The van der Waals surface area contributed by atoms with Crippen molar-refractivity contribution in [3.63, 3.8) is 0 Å². The third-order valence-electron chi connectivity index (χ3n) is 2.86. The van der Waals surface area contributed by atoms with Crippen LogP contribution in [0.15, 0.2) is 35.8 Å². The summed E-state index contributed by atoms with van der Waals surface area (Å²) in [5.74, 6) is -1.20. The zero-order valence-corrected chi connectivity index (χ0v) is 13.2. The van der Waals surface area contributed by atoms with E-state index in [1.165, 1.54) is 18.4 Å². The van der Waals surface area contributed by atoms with Crippen LogP contribution in [0.5, 0.6) is 0 Å². The SMILES string of the molecule is COC(=O)c1ccccc1NC(=O)CCC(=O)Nc1nccs1. The van der Waals surface area contributed by atoms with E-state index in [4.69, 9.17) is 0 Å². The average molecular weight is 333 g/mol. The summed E-state index contributed by atoms with van der Waals surface area (Å²) in [5, 5.41) is 7.44. The van der Waals surface area contributed by atoms with Gasteiger partial charge in [0, 0.05) is 24.4 Å². The smallest absolute Gasteiger partial charge is 0.339 e. The van der Waals surface area contributed by atoms with Crippen molar-refractivity contribution in [3.8, 4) is 0 Å². The molecule has 1 aromatic heterocycles. The van der Waals surface area contributed by atoms with E-state index in [9.17, 15) is 14.4 Å². The summed E-state index contributed by atoms with van der Waals surface area (Å²) in [6.07, 6.45) is 1.59. The monoisotopic (exact) mass is 333 g/mol. The Kier molecular flexibility index (Phi) is 5.81. The van der Waals surface area contributed by atoms with Crippen LogP contribution in [-0.2, 0) is 14.3 Å². The molecular formula is C15H15N3O4S. The molecule has 0 spiro atoms. The largest absolute Gasteiger partial charge is 0.465 e. The lowest BCUT2D eigenvalue weighted by Gasteiger charge is -2.09. The molecule has 0 saturated carbocycles. The van der Waals surface area contributed by atoms with Gasteiger partial charge in [0.25, 0.3) is 0 Å². The van der Waals surface area contributed by atoms with Gasteiger partial charge in [-0.2, -0.15) is 0 Å². The van der Waals surface area contributed by atoms with Crippen molar-refractivity contribution < 1.29 is 19.1 Å². The van der Waals surface area contributed by atoms with Crippen molar-refractivity contribution in [2.75, 3.05) is 17.7 Å². The number of carbonyl (C=O) groups excluding carboxylic acids is 3. The number of hydrogen-bond acceptors (Lipinski definition) is 6. The lowest BCUT2D eigenvalue weighted by atomic mass is 10.1. The lowest BCUT2D eigenvalue weighted by Crippen LogP contribution is -2.18. The van der Waals surface area contributed by atoms with Crippen molar-refractivity contribution in [1.29, 1.82) is 0 Å². The van der Waals surface area contributed by atoms with Gasteiger partial charge in [0.15, 0.2) is 5.13 Å². The molecule has 0 aliphatic rings. The van der Waals surface area contributed by atoms with Gasteiger partial charge < -0.3 is 15.4 Å². The second-order valence-electron chi connectivity index (χ2n) is 4.47. The molecule has 2 rings (SSSR count). The first-order chi connectivity index (χ1) is 11.1. The molecular weight excluding hydrogens is 318 g/mol. The number of nitrogens with zero attached hydrogens (tertiary/aromatic N) is 1. The van der Waals surface area contributed by atoms with Crippen LogP contribution in [0.4, 0.5) is 10.8 Å². The standard InChI is InChI=1S/C15H15N3O4S/c1-22-14(21)10-4-2-3-5-11(10)17-12(19)6-7-13(20)18-15-16-8-9-23-15/h2-5,8-9H,6-7H2,1H3,(H,17,19)(H,16,18,20). The summed E-state index contributed by atoms with van der Waals surface area (Å²) < 4.78 is 4.66. The number of thiazole rings is 1. The summed E-state index contributed by atoms with van der Waals surface area (Å²) in [7, 11) is 1.27. The van der Waals surface area contributed by atoms with Crippen LogP contribution >= 0.6 is 11.3 Å². The fourth-order valence-corrected chi connectivity index (χ4v) is 2.33. The second kappa shape index (κ2) is 8.04. The number of anilines is 2. The van der Waals surface area contributed by atoms with Gasteiger partial charge in [-0.3, -0.25) is 9.59 Å². The number of hydrogen-bond donors (Lipinski definition) is 2. The third-order valence-corrected chi connectivity index (χ3v) is 3.55. The van der Waals surface area contributed by atoms with E-state index in [2.05, 4.69) is 20.4 Å². The highest BCUT2D eigenvalue weighted by atomic mass is 32.1. The van der Waals surface area contributed by atoms with Crippen molar-refractivity contribution in [3.05, 3.63) is 41.4 Å². The molecule has 0 radical (unpaired) electrons. The van der Waals surface area contributed by atoms with Gasteiger partial charge in [0.1, 0.15) is 0 Å². The molecule has 0 unspecified atom stereocenters. The summed E-state index contributed by atoms with van der Waals surface area (Å²) in [6.45, 7) is 0. The van der Waals surface area contributed by atoms with Gasteiger partial charge in [-0.05, 0) is 12.1 Å². The van der Waals surface area contributed by atoms with Crippen molar-refractivity contribution in [1.82, 2.24) is 4.98 Å². The summed E-state index contributed by atoms with van der Waals surface area (Å²) in [4.78, 5) is 39.2. The molecule has 0 atom stereocenters. The number of aromatic nitrogens is 1. The Balaban J connectivity index is 1.88.